The van der Waals surface area contributed by atoms with Gasteiger partial charge in [-0.3, -0.25) is 4.79 Å². The molecule has 0 unspecified atom stereocenters. The molecule has 1 aromatic carbocycles. The number of Topliss-reactive ketones (excluding diaryl/α,β-unsaturated/α-hetero) is 1. The summed E-state index contributed by atoms with van der Waals surface area (Å²) in [6.07, 6.45) is -1.37. The van der Waals surface area contributed by atoms with E-state index in [4.69, 9.17) is 4.74 Å². The fourth-order valence-electron chi connectivity index (χ4n) is 1.72. The van der Waals surface area contributed by atoms with Crippen LogP contribution in [0.1, 0.15) is 28.8 Å². The Morgan fingerprint density at radius 2 is 2.05 bits per heavy atom. The Balaban J connectivity index is 2.38. The smallest absolute Gasteiger partial charge is 0.416 e. The maximum Gasteiger partial charge on any atom is 0.416 e. The van der Waals surface area contributed by atoms with Crippen LogP contribution in [-0.2, 0) is 10.9 Å². The maximum atomic E-state index is 12.6. The summed E-state index contributed by atoms with van der Waals surface area (Å²) in [5.74, 6) is -0.413. The molecule has 0 aliphatic carbocycles. The number of allylic oxidation sites excluding steroid dienone is 2. The van der Waals surface area contributed by atoms with Crippen LogP contribution in [0.3, 0.4) is 0 Å². The lowest BCUT2D eigenvalue weighted by Gasteiger charge is -2.15. The minimum Gasteiger partial charge on any atom is -0.490 e. The molecule has 102 valence electrons. The first-order valence-corrected chi connectivity index (χ1v) is 6.43. The summed E-state index contributed by atoms with van der Waals surface area (Å²) in [6.45, 7) is 0.411. The van der Waals surface area contributed by atoms with Crippen LogP contribution in [0.4, 0.5) is 13.2 Å². The second kappa shape index (κ2) is 5.36. The van der Waals surface area contributed by atoms with Gasteiger partial charge in [-0.15, -0.1) is 0 Å². The Hall–Kier alpha value is -1.30. The number of hydrogen-bond donors (Lipinski definition) is 0. The number of hydrogen-bond acceptors (Lipinski definition) is 2. The molecule has 0 saturated carbocycles. The van der Waals surface area contributed by atoms with Crippen LogP contribution in [0.25, 0.3) is 0 Å². The second-order valence-electron chi connectivity index (χ2n) is 4.08. The Morgan fingerprint density at radius 1 is 1.32 bits per heavy atom. The van der Waals surface area contributed by atoms with Crippen molar-refractivity contribution >= 4 is 21.7 Å². The highest BCUT2D eigenvalue weighted by molar-refractivity contribution is 9.10. The van der Waals surface area contributed by atoms with Crippen LogP contribution in [-0.4, -0.2) is 12.4 Å². The van der Waals surface area contributed by atoms with Crippen molar-refractivity contribution in [1.82, 2.24) is 0 Å². The average molecular weight is 335 g/mol. The van der Waals surface area contributed by atoms with Crippen molar-refractivity contribution in [2.75, 3.05) is 6.61 Å². The molecular weight excluding hydrogens is 325 g/mol. The number of carbonyl (C=O) groups excluding carboxylic acids is 1. The average Bonchev–Trinajstić information content (AvgIpc) is 2.38. The van der Waals surface area contributed by atoms with Crippen LogP contribution in [0.2, 0.25) is 0 Å². The molecule has 1 aliphatic heterocycles. The predicted octanol–water partition coefficient (Wildman–Crippen LogP) is 4.34. The molecule has 0 radical (unpaired) electrons. The fourth-order valence-corrected chi connectivity index (χ4v) is 2.15. The number of halogens is 4. The van der Waals surface area contributed by atoms with E-state index in [1.54, 1.807) is 6.08 Å². The summed E-state index contributed by atoms with van der Waals surface area (Å²) in [5.41, 5.74) is -0.890. The van der Waals surface area contributed by atoms with Crippen LogP contribution < -0.4 is 0 Å². The summed E-state index contributed by atoms with van der Waals surface area (Å²) < 4.78 is 43.4. The van der Waals surface area contributed by atoms with Crippen molar-refractivity contribution in [2.45, 2.75) is 19.0 Å². The van der Waals surface area contributed by atoms with Gasteiger partial charge in [-0.25, -0.2) is 0 Å². The van der Waals surface area contributed by atoms with Gasteiger partial charge >= 0.3 is 6.18 Å². The predicted molar refractivity (Wildman–Crippen MR) is 66.7 cm³/mol. The molecule has 2 nitrogen and oxygen atoms in total. The maximum absolute atomic E-state index is 12.6. The quantitative estimate of drug-likeness (QED) is 0.752. The van der Waals surface area contributed by atoms with Crippen molar-refractivity contribution in [1.29, 1.82) is 0 Å². The summed E-state index contributed by atoms with van der Waals surface area (Å²) in [4.78, 5) is 12.1. The van der Waals surface area contributed by atoms with E-state index in [-0.39, 0.29) is 11.3 Å². The lowest BCUT2D eigenvalue weighted by Crippen LogP contribution is -2.13. The van der Waals surface area contributed by atoms with E-state index in [1.807, 2.05) is 0 Å². The van der Waals surface area contributed by atoms with Gasteiger partial charge in [-0.05, 0) is 37.1 Å². The van der Waals surface area contributed by atoms with E-state index in [9.17, 15) is 18.0 Å². The van der Waals surface area contributed by atoms with Crippen molar-refractivity contribution in [3.63, 3.8) is 0 Å². The Morgan fingerprint density at radius 3 is 2.63 bits per heavy atom. The highest BCUT2D eigenvalue weighted by Gasteiger charge is 2.32. The van der Waals surface area contributed by atoms with Crippen molar-refractivity contribution in [2.24, 2.45) is 0 Å². The Bertz CT molecular complexity index is 535. The number of rotatable bonds is 2. The highest BCUT2D eigenvalue weighted by Crippen LogP contribution is 2.33. The van der Waals surface area contributed by atoms with E-state index in [2.05, 4.69) is 15.9 Å². The first kappa shape index (κ1) is 14.1. The summed E-state index contributed by atoms with van der Waals surface area (Å²) in [7, 11) is 0. The minimum atomic E-state index is -4.47. The van der Waals surface area contributed by atoms with E-state index in [0.717, 1.165) is 18.6 Å². The van der Waals surface area contributed by atoms with Crippen LogP contribution >= 0.6 is 15.9 Å². The number of ether oxygens (including phenoxy) is 1. The first-order chi connectivity index (χ1) is 8.89. The minimum absolute atomic E-state index is 0.0389. The molecule has 2 rings (SSSR count). The molecule has 0 saturated heterocycles. The largest absolute Gasteiger partial charge is 0.490 e. The van der Waals surface area contributed by atoms with Gasteiger partial charge in [0.2, 0.25) is 5.78 Å². The molecule has 0 amide bonds. The highest BCUT2D eigenvalue weighted by atomic mass is 79.9. The molecular formula is C13H10BrF3O2. The molecule has 0 spiro atoms. The lowest BCUT2D eigenvalue weighted by molar-refractivity contribution is -0.137. The van der Waals surface area contributed by atoms with Gasteiger partial charge in [0.05, 0.1) is 12.2 Å². The Labute approximate surface area is 116 Å². The third-order valence-electron chi connectivity index (χ3n) is 2.70. The van der Waals surface area contributed by atoms with Crippen molar-refractivity contribution in [3.8, 4) is 0 Å². The molecule has 1 heterocycles. The van der Waals surface area contributed by atoms with Gasteiger partial charge in [0.1, 0.15) is 0 Å². The summed E-state index contributed by atoms with van der Waals surface area (Å²) in [5, 5.41) is 0. The lowest BCUT2D eigenvalue weighted by atomic mass is 10.0. The topological polar surface area (TPSA) is 26.3 Å². The number of ketones is 1. The first-order valence-electron chi connectivity index (χ1n) is 5.64. The monoisotopic (exact) mass is 334 g/mol. The molecule has 0 aromatic heterocycles. The van der Waals surface area contributed by atoms with Crippen LogP contribution in [0.5, 0.6) is 0 Å². The fraction of sp³-hybridized carbons (Fsp3) is 0.308. The van der Waals surface area contributed by atoms with E-state index in [0.29, 0.717) is 17.5 Å². The number of alkyl halides is 3. The number of carbonyl (C=O) groups is 1. The molecule has 0 atom stereocenters. The van der Waals surface area contributed by atoms with Gasteiger partial charge < -0.3 is 4.74 Å². The zero-order valence-electron chi connectivity index (χ0n) is 9.76. The van der Waals surface area contributed by atoms with Gasteiger partial charge in [-0.1, -0.05) is 15.9 Å². The molecule has 1 aromatic rings. The molecule has 0 fully saturated rings. The summed E-state index contributed by atoms with van der Waals surface area (Å²) >= 11 is 3.09. The van der Waals surface area contributed by atoms with Gasteiger partial charge in [0.15, 0.2) is 5.76 Å². The van der Waals surface area contributed by atoms with E-state index in [1.165, 1.54) is 6.07 Å². The van der Waals surface area contributed by atoms with Gasteiger partial charge in [0, 0.05) is 10.0 Å². The Kier molecular flexibility index (Phi) is 3.99. The molecule has 0 bridgehead atoms. The zero-order valence-corrected chi connectivity index (χ0v) is 11.3. The summed E-state index contributed by atoms with van der Waals surface area (Å²) in [6, 6.07) is 2.99. The molecule has 6 heteroatoms. The van der Waals surface area contributed by atoms with E-state index >= 15 is 0 Å². The van der Waals surface area contributed by atoms with Crippen LogP contribution in [0, 0.1) is 0 Å². The third-order valence-corrected chi connectivity index (χ3v) is 3.39. The zero-order chi connectivity index (χ0) is 14.0. The van der Waals surface area contributed by atoms with Gasteiger partial charge in [0.25, 0.3) is 0 Å². The van der Waals surface area contributed by atoms with Crippen LogP contribution in [0.15, 0.2) is 34.5 Å². The standard InChI is InChI=1S/C13H10BrF3O2/c14-10-5-4-8(13(15,16)17)7-9(10)12(18)11-3-1-2-6-19-11/h3-5,7H,1-2,6H2. The molecule has 1 aliphatic rings. The van der Waals surface area contributed by atoms with Crippen molar-refractivity contribution < 1.29 is 22.7 Å². The van der Waals surface area contributed by atoms with E-state index < -0.39 is 17.5 Å². The number of benzene rings is 1. The third kappa shape index (κ3) is 3.18. The van der Waals surface area contributed by atoms with Gasteiger partial charge in [-0.2, -0.15) is 13.2 Å². The second-order valence-corrected chi connectivity index (χ2v) is 4.93. The molecule has 19 heavy (non-hydrogen) atoms. The van der Waals surface area contributed by atoms with Crippen molar-refractivity contribution in [3.05, 3.63) is 45.6 Å². The SMILES string of the molecule is O=C(C1=CCCCO1)c1cc(C(F)(F)F)ccc1Br. The normalized spacial score (nSPS) is 15.7. The molecule has 0 N–H and O–H groups in total.